The summed E-state index contributed by atoms with van der Waals surface area (Å²) >= 11 is 0. The van der Waals surface area contributed by atoms with Crippen LogP contribution in [0.2, 0.25) is 0 Å². The zero-order valence-electron chi connectivity index (χ0n) is 13.4. The molecule has 0 fully saturated rings. The number of nitrogens with two attached hydrogens (primary N) is 3. The number of likely N-dealkylation sites (N-methyl/N-ethyl adjacent to an activating group) is 1. The number of quaternary nitrogens is 1. The van der Waals surface area contributed by atoms with Gasteiger partial charge in [0.05, 0.1) is 27.2 Å². The highest BCUT2D eigenvalue weighted by Gasteiger charge is 2.43. The molecule has 0 bridgehead atoms. The maximum absolute atomic E-state index is 12.3. The minimum Gasteiger partial charge on any atom is -0.550 e. The van der Waals surface area contributed by atoms with E-state index in [1.807, 2.05) is 0 Å². The summed E-state index contributed by atoms with van der Waals surface area (Å²) in [6.07, 6.45) is -0.109. The van der Waals surface area contributed by atoms with Crippen molar-refractivity contribution >= 4 is 17.7 Å². The van der Waals surface area contributed by atoms with Gasteiger partial charge in [-0.2, -0.15) is 0 Å². The topological polar surface area (TPSA) is 168 Å². The zero-order valence-corrected chi connectivity index (χ0v) is 13.4. The Morgan fingerprint density at radius 1 is 1.32 bits per heavy atom. The molecule has 0 aliphatic rings. The average molecular weight is 317 g/mol. The molecule has 0 saturated carbocycles. The second-order valence-corrected chi connectivity index (χ2v) is 6.45. The number of rotatable bonds is 10. The molecule has 0 saturated heterocycles. The smallest absolute Gasteiger partial charge is 0.187 e. The molecule has 0 heterocycles. The highest BCUT2D eigenvalue weighted by molar-refractivity contribution is 5.94. The van der Waals surface area contributed by atoms with Gasteiger partial charge in [0.1, 0.15) is 6.54 Å². The molecule has 0 radical (unpaired) electrons. The van der Waals surface area contributed by atoms with Gasteiger partial charge in [0, 0.05) is 18.9 Å². The largest absolute Gasteiger partial charge is 0.550 e. The maximum Gasteiger partial charge on any atom is 0.187 e. The van der Waals surface area contributed by atoms with Crippen molar-refractivity contribution in [2.75, 3.05) is 34.2 Å². The Morgan fingerprint density at radius 3 is 2.27 bits per heavy atom. The predicted molar refractivity (Wildman–Crippen MR) is 80.4 cm³/mol. The van der Waals surface area contributed by atoms with Crippen LogP contribution >= 0.6 is 0 Å². The average Bonchev–Trinajstić information content (AvgIpc) is 2.29. The van der Waals surface area contributed by atoms with Gasteiger partial charge < -0.3 is 36.7 Å². The van der Waals surface area contributed by atoms with Gasteiger partial charge in [-0.3, -0.25) is 9.79 Å². The fourth-order valence-corrected chi connectivity index (χ4v) is 2.24. The summed E-state index contributed by atoms with van der Waals surface area (Å²) in [5, 5.41) is 21.3. The van der Waals surface area contributed by atoms with Crippen LogP contribution in [0.25, 0.3) is 0 Å². The number of Topliss-reactive ketones (excluding diaryl/α,β-unsaturated/α-hetero) is 1. The first-order valence-corrected chi connectivity index (χ1v) is 6.95. The van der Waals surface area contributed by atoms with E-state index in [1.165, 1.54) is 0 Å². The maximum atomic E-state index is 12.3. The Kier molecular flexibility index (Phi) is 7.44. The van der Waals surface area contributed by atoms with E-state index >= 15 is 0 Å². The molecule has 9 heteroatoms. The van der Waals surface area contributed by atoms with E-state index < -0.39 is 29.8 Å². The first-order chi connectivity index (χ1) is 9.87. The predicted octanol–water partition coefficient (Wildman–Crippen LogP) is -3.49. The Balaban J connectivity index is 4.87. The quantitative estimate of drug-likeness (QED) is 0.140. The minimum atomic E-state index is -2.06. The normalized spacial score (nSPS) is 15.7. The molecule has 0 aromatic carbocycles. The second kappa shape index (κ2) is 8.06. The van der Waals surface area contributed by atoms with Gasteiger partial charge in [0.25, 0.3) is 0 Å². The number of carboxylic acids is 1. The SMILES string of the molecule is C[N+](C)(C)C[C@](O)(CC(=O)[O-])C(=O)[C@@H](N)CCCN=C(N)N. The third-order valence-corrected chi connectivity index (χ3v) is 2.94. The van der Waals surface area contributed by atoms with Crippen LogP contribution in [0.5, 0.6) is 0 Å². The van der Waals surface area contributed by atoms with Gasteiger partial charge in [-0.15, -0.1) is 0 Å². The van der Waals surface area contributed by atoms with Gasteiger partial charge >= 0.3 is 0 Å². The van der Waals surface area contributed by atoms with E-state index in [9.17, 15) is 19.8 Å². The standard InChI is InChI=1S/C13H27N5O4/c1-18(2,3)8-13(22,7-10(19)20)11(21)9(14)5-4-6-17-12(15)16/h9,22H,4-8,14H2,1-3H3,(H4-,15,16,17,19,20)/t9-,13+/m0/s1. The Labute approximate surface area is 130 Å². The Bertz CT molecular complexity index is 429. The van der Waals surface area contributed by atoms with Gasteiger partial charge in [-0.05, 0) is 12.8 Å². The number of aliphatic imine (C=N–C) groups is 1. The van der Waals surface area contributed by atoms with E-state index in [4.69, 9.17) is 17.2 Å². The zero-order chi connectivity index (χ0) is 17.6. The lowest BCUT2D eigenvalue weighted by molar-refractivity contribution is -0.875. The number of ketones is 1. The summed E-state index contributed by atoms with van der Waals surface area (Å²) in [6, 6.07) is -0.995. The van der Waals surface area contributed by atoms with Crippen LogP contribution in [0.4, 0.5) is 0 Å². The van der Waals surface area contributed by atoms with Crippen LogP contribution in [-0.2, 0) is 9.59 Å². The summed E-state index contributed by atoms with van der Waals surface area (Å²) in [6.45, 7) is 0.221. The van der Waals surface area contributed by atoms with Crippen molar-refractivity contribution in [2.45, 2.75) is 30.9 Å². The number of aliphatic carboxylic acids is 1. The number of carbonyl (C=O) groups excluding carboxylic acids is 2. The van der Waals surface area contributed by atoms with E-state index in [-0.39, 0.29) is 23.4 Å². The van der Waals surface area contributed by atoms with Crippen LogP contribution in [0.1, 0.15) is 19.3 Å². The van der Waals surface area contributed by atoms with Crippen molar-refractivity contribution in [3.63, 3.8) is 0 Å². The van der Waals surface area contributed by atoms with Crippen molar-refractivity contribution in [3.8, 4) is 0 Å². The second-order valence-electron chi connectivity index (χ2n) is 6.45. The fraction of sp³-hybridized carbons (Fsp3) is 0.769. The number of nitrogens with zero attached hydrogens (tertiary/aromatic N) is 2. The Hall–Kier alpha value is -1.71. The molecule has 9 nitrogen and oxygen atoms in total. The molecule has 0 aliphatic heterocycles. The van der Waals surface area contributed by atoms with Crippen LogP contribution in [-0.4, -0.2) is 73.2 Å². The lowest BCUT2D eigenvalue weighted by Gasteiger charge is -2.36. The molecule has 0 aromatic heterocycles. The molecule has 0 aliphatic carbocycles. The van der Waals surface area contributed by atoms with Crippen molar-refractivity contribution in [3.05, 3.63) is 0 Å². The van der Waals surface area contributed by atoms with Gasteiger partial charge in [-0.25, -0.2) is 0 Å². The highest BCUT2D eigenvalue weighted by Crippen LogP contribution is 2.18. The van der Waals surface area contributed by atoms with E-state index in [1.54, 1.807) is 21.1 Å². The van der Waals surface area contributed by atoms with Crippen LogP contribution in [0, 0.1) is 0 Å². The summed E-state index contributed by atoms with van der Waals surface area (Å²) < 4.78 is 0.205. The van der Waals surface area contributed by atoms with Crippen molar-refractivity contribution < 1.29 is 24.3 Å². The van der Waals surface area contributed by atoms with E-state index in [2.05, 4.69) is 4.99 Å². The van der Waals surface area contributed by atoms with E-state index in [0.717, 1.165) is 0 Å². The van der Waals surface area contributed by atoms with Crippen molar-refractivity contribution in [2.24, 2.45) is 22.2 Å². The third-order valence-electron chi connectivity index (χ3n) is 2.94. The van der Waals surface area contributed by atoms with Crippen LogP contribution < -0.4 is 22.3 Å². The molecule has 128 valence electrons. The molecule has 0 spiro atoms. The van der Waals surface area contributed by atoms with Crippen molar-refractivity contribution in [1.82, 2.24) is 0 Å². The molecule has 0 aromatic rings. The van der Waals surface area contributed by atoms with Gasteiger partial charge in [0.2, 0.25) is 0 Å². The molecular formula is C13H27N5O4. The Morgan fingerprint density at radius 2 is 1.86 bits per heavy atom. The number of guanidine groups is 1. The van der Waals surface area contributed by atoms with Gasteiger partial charge in [-0.1, -0.05) is 0 Å². The monoisotopic (exact) mass is 317 g/mol. The lowest BCUT2D eigenvalue weighted by atomic mass is 9.87. The molecule has 22 heavy (non-hydrogen) atoms. The summed E-state index contributed by atoms with van der Waals surface area (Å²) in [4.78, 5) is 27.0. The summed E-state index contributed by atoms with van der Waals surface area (Å²) in [7, 11) is 5.20. The number of aliphatic hydroxyl groups is 1. The first kappa shape index (κ1) is 20.3. The lowest BCUT2D eigenvalue weighted by Crippen LogP contribution is -2.59. The van der Waals surface area contributed by atoms with E-state index in [0.29, 0.717) is 13.0 Å². The molecule has 0 unspecified atom stereocenters. The molecular weight excluding hydrogens is 290 g/mol. The summed E-state index contributed by atoms with van der Waals surface area (Å²) in [5.41, 5.74) is 14.1. The van der Waals surface area contributed by atoms with Gasteiger partial charge in [0.15, 0.2) is 17.3 Å². The molecule has 0 rings (SSSR count). The molecule has 7 N–H and O–H groups in total. The number of hydrogen-bond donors (Lipinski definition) is 4. The first-order valence-electron chi connectivity index (χ1n) is 6.95. The fourth-order valence-electron chi connectivity index (χ4n) is 2.24. The highest BCUT2D eigenvalue weighted by atomic mass is 16.4. The third kappa shape index (κ3) is 7.91. The van der Waals surface area contributed by atoms with Crippen LogP contribution in [0.15, 0.2) is 4.99 Å². The molecule has 2 atom stereocenters. The minimum absolute atomic E-state index is 0.0570. The summed E-state index contributed by atoms with van der Waals surface area (Å²) in [5.74, 6) is -2.27. The van der Waals surface area contributed by atoms with Crippen molar-refractivity contribution in [1.29, 1.82) is 0 Å². The number of carboxylic acid groups (broad SMARTS) is 1. The number of hydrogen-bond acceptors (Lipinski definition) is 6. The number of carbonyl (C=O) groups is 2. The molecule has 0 amide bonds. The van der Waals surface area contributed by atoms with Crippen LogP contribution in [0.3, 0.4) is 0 Å².